The molecule has 1 aromatic carbocycles. The first-order chi connectivity index (χ1) is 8.59. The summed E-state index contributed by atoms with van der Waals surface area (Å²) in [6, 6.07) is 2.82. The van der Waals surface area contributed by atoms with Crippen LogP contribution in [-0.4, -0.2) is 11.1 Å². The molecule has 0 heterocycles. The number of aliphatic carboxylic acids is 1. The first-order valence-corrected chi connectivity index (χ1v) is 5.82. The molecule has 0 saturated heterocycles. The van der Waals surface area contributed by atoms with Crippen LogP contribution in [-0.2, 0) is 11.0 Å². The number of hydrogen-bond acceptors (Lipinski definition) is 2. The standard InChI is InChI=1S/C7H5ClF3N.C5H10O2/c8-5-3-4(7(9,10)11)1-2-6(5)12;1-3-4(2)5(6)7/h1-3H,12H2;4H,3H2,1-2H3,(H,6,7). The second-order valence-electron chi connectivity index (χ2n) is 3.88. The van der Waals surface area contributed by atoms with Crippen molar-refractivity contribution >= 4 is 23.3 Å². The quantitative estimate of drug-likeness (QED) is 0.809. The summed E-state index contributed by atoms with van der Waals surface area (Å²) in [4.78, 5) is 9.93. The molecule has 0 saturated carbocycles. The molecular weight excluding hydrogens is 283 g/mol. The number of hydrogen-bond donors (Lipinski definition) is 2. The third-order valence-electron chi connectivity index (χ3n) is 2.36. The third kappa shape index (κ3) is 6.33. The monoisotopic (exact) mass is 297 g/mol. The molecule has 0 radical (unpaired) electrons. The summed E-state index contributed by atoms with van der Waals surface area (Å²) in [5, 5.41) is 8.10. The van der Waals surface area contributed by atoms with Gasteiger partial charge in [0.25, 0.3) is 0 Å². The highest BCUT2D eigenvalue weighted by molar-refractivity contribution is 6.33. The minimum absolute atomic E-state index is 0.0789. The predicted molar refractivity (Wildman–Crippen MR) is 68.0 cm³/mol. The zero-order valence-electron chi connectivity index (χ0n) is 10.5. The highest BCUT2D eigenvalue weighted by atomic mass is 35.5. The highest BCUT2D eigenvalue weighted by Gasteiger charge is 2.30. The van der Waals surface area contributed by atoms with Gasteiger partial charge in [-0.15, -0.1) is 0 Å². The largest absolute Gasteiger partial charge is 0.481 e. The second kappa shape index (κ2) is 7.23. The van der Waals surface area contributed by atoms with E-state index < -0.39 is 17.7 Å². The lowest BCUT2D eigenvalue weighted by Gasteiger charge is -2.07. The van der Waals surface area contributed by atoms with E-state index >= 15 is 0 Å². The molecule has 3 nitrogen and oxygen atoms in total. The summed E-state index contributed by atoms with van der Waals surface area (Å²) in [5.41, 5.74) is 4.59. The predicted octanol–water partition coefficient (Wildman–Crippen LogP) is 4.06. The molecule has 3 N–H and O–H groups in total. The number of rotatable bonds is 2. The molecule has 0 aromatic heterocycles. The lowest BCUT2D eigenvalue weighted by Crippen LogP contribution is -2.06. The van der Waals surface area contributed by atoms with Crippen LogP contribution in [0.4, 0.5) is 18.9 Å². The summed E-state index contributed by atoms with van der Waals surface area (Å²) in [6.07, 6.45) is -3.65. The molecule has 0 bridgehead atoms. The Bertz CT molecular complexity index is 435. The maximum atomic E-state index is 12.0. The van der Waals surface area contributed by atoms with Gasteiger partial charge in [0, 0.05) is 0 Å². The van der Waals surface area contributed by atoms with Crippen molar-refractivity contribution < 1.29 is 23.1 Å². The Morgan fingerprint density at radius 2 is 2.00 bits per heavy atom. The number of halogens is 4. The van der Waals surface area contributed by atoms with Crippen LogP contribution in [0.3, 0.4) is 0 Å². The van der Waals surface area contributed by atoms with Crippen LogP contribution < -0.4 is 5.73 Å². The van der Waals surface area contributed by atoms with Crippen molar-refractivity contribution in [3.8, 4) is 0 Å². The van der Waals surface area contributed by atoms with Crippen LogP contribution in [0.2, 0.25) is 5.02 Å². The van der Waals surface area contributed by atoms with E-state index in [0.29, 0.717) is 0 Å². The van der Waals surface area contributed by atoms with E-state index in [1.165, 1.54) is 0 Å². The van der Waals surface area contributed by atoms with Crippen LogP contribution in [0.25, 0.3) is 0 Å². The summed E-state index contributed by atoms with van der Waals surface area (Å²) in [7, 11) is 0. The molecule has 1 unspecified atom stereocenters. The Balaban J connectivity index is 0.000000399. The molecular formula is C12H15ClF3NO2. The molecule has 7 heteroatoms. The number of alkyl halides is 3. The average molecular weight is 298 g/mol. The fourth-order valence-electron chi connectivity index (χ4n) is 0.878. The van der Waals surface area contributed by atoms with Crippen LogP contribution >= 0.6 is 11.6 Å². The fraction of sp³-hybridized carbons (Fsp3) is 0.417. The van der Waals surface area contributed by atoms with Gasteiger partial charge in [0.05, 0.1) is 22.2 Å². The zero-order chi connectivity index (χ0) is 15.2. The van der Waals surface area contributed by atoms with Crippen LogP contribution in [0.1, 0.15) is 25.8 Å². The molecule has 1 aromatic rings. The Labute approximate surface area is 114 Å². The van der Waals surface area contributed by atoms with E-state index in [-0.39, 0.29) is 16.6 Å². The van der Waals surface area contributed by atoms with Crippen LogP contribution in [0, 0.1) is 5.92 Å². The molecule has 1 rings (SSSR count). The van der Waals surface area contributed by atoms with E-state index in [0.717, 1.165) is 24.6 Å². The maximum Gasteiger partial charge on any atom is 0.416 e. The van der Waals surface area contributed by atoms with Gasteiger partial charge in [0.15, 0.2) is 0 Å². The van der Waals surface area contributed by atoms with Crippen molar-refractivity contribution in [1.29, 1.82) is 0 Å². The molecule has 0 amide bonds. The molecule has 108 valence electrons. The van der Waals surface area contributed by atoms with Crippen molar-refractivity contribution in [2.75, 3.05) is 5.73 Å². The number of nitrogen functional groups attached to an aromatic ring is 1. The van der Waals surface area contributed by atoms with Crippen molar-refractivity contribution in [3.63, 3.8) is 0 Å². The van der Waals surface area contributed by atoms with Gasteiger partial charge in [0.2, 0.25) is 0 Å². The zero-order valence-corrected chi connectivity index (χ0v) is 11.2. The number of carbonyl (C=O) groups is 1. The number of benzene rings is 1. The normalized spacial score (nSPS) is 12.3. The van der Waals surface area contributed by atoms with E-state index in [1.807, 2.05) is 6.92 Å². The number of anilines is 1. The molecule has 0 fully saturated rings. The Kier molecular flexibility index (Phi) is 6.69. The lowest BCUT2D eigenvalue weighted by molar-refractivity contribution is -0.141. The molecule has 1 atom stereocenters. The first-order valence-electron chi connectivity index (χ1n) is 5.44. The number of carboxylic acid groups (broad SMARTS) is 1. The Hall–Kier alpha value is -1.43. The first kappa shape index (κ1) is 17.6. The number of nitrogens with two attached hydrogens (primary N) is 1. The van der Waals surface area contributed by atoms with Gasteiger partial charge in [-0.2, -0.15) is 13.2 Å². The average Bonchev–Trinajstić information content (AvgIpc) is 2.31. The van der Waals surface area contributed by atoms with Crippen molar-refractivity contribution in [2.45, 2.75) is 26.4 Å². The summed E-state index contributed by atoms with van der Waals surface area (Å²) >= 11 is 5.39. The molecule has 0 aliphatic rings. The molecule has 19 heavy (non-hydrogen) atoms. The molecule has 0 aliphatic carbocycles. The van der Waals surface area contributed by atoms with E-state index in [9.17, 15) is 18.0 Å². The van der Waals surface area contributed by atoms with Gasteiger partial charge < -0.3 is 10.8 Å². The van der Waals surface area contributed by atoms with Gasteiger partial charge in [-0.1, -0.05) is 25.4 Å². The van der Waals surface area contributed by atoms with E-state index in [4.69, 9.17) is 22.4 Å². The van der Waals surface area contributed by atoms with Gasteiger partial charge in [0.1, 0.15) is 0 Å². The minimum atomic E-state index is -4.36. The Morgan fingerprint density at radius 1 is 1.47 bits per heavy atom. The molecule has 0 spiro atoms. The number of carboxylic acids is 1. The van der Waals surface area contributed by atoms with Crippen molar-refractivity contribution in [1.82, 2.24) is 0 Å². The minimum Gasteiger partial charge on any atom is -0.481 e. The fourth-order valence-corrected chi connectivity index (χ4v) is 1.06. The van der Waals surface area contributed by atoms with Crippen LogP contribution in [0.15, 0.2) is 18.2 Å². The Morgan fingerprint density at radius 3 is 2.26 bits per heavy atom. The maximum absolute atomic E-state index is 12.0. The lowest BCUT2D eigenvalue weighted by atomic mass is 10.1. The summed E-state index contributed by atoms with van der Waals surface area (Å²) < 4.78 is 36.0. The second-order valence-corrected chi connectivity index (χ2v) is 4.29. The highest BCUT2D eigenvalue weighted by Crippen LogP contribution is 2.32. The molecule has 0 aliphatic heterocycles. The summed E-state index contributed by atoms with van der Waals surface area (Å²) in [6.45, 7) is 3.56. The van der Waals surface area contributed by atoms with Crippen LogP contribution in [0.5, 0.6) is 0 Å². The smallest absolute Gasteiger partial charge is 0.416 e. The van der Waals surface area contributed by atoms with E-state index in [1.54, 1.807) is 6.92 Å². The summed E-state index contributed by atoms with van der Waals surface area (Å²) in [5.74, 6) is -0.887. The van der Waals surface area contributed by atoms with E-state index in [2.05, 4.69) is 0 Å². The van der Waals surface area contributed by atoms with Crippen molar-refractivity contribution in [2.24, 2.45) is 5.92 Å². The van der Waals surface area contributed by atoms with Gasteiger partial charge >= 0.3 is 12.1 Å². The van der Waals surface area contributed by atoms with Gasteiger partial charge in [-0.25, -0.2) is 0 Å². The topological polar surface area (TPSA) is 63.3 Å². The van der Waals surface area contributed by atoms with Gasteiger partial charge in [-0.05, 0) is 24.6 Å². The van der Waals surface area contributed by atoms with Crippen molar-refractivity contribution in [3.05, 3.63) is 28.8 Å². The van der Waals surface area contributed by atoms with Gasteiger partial charge in [-0.3, -0.25) is 4.79 Å². The third-order valence-corrected chi connectivity index (χ3v) is 2.69. The SMILES string of the molecule is CCC(C)C(=O)O.Nc1ccc(C(F)(F)F)cc1Cl.